The summed E-state index contributed by atoms with van der Waals surface area (Å²) < 4.78 is 48.8. The number of carboxylic acid groups (broad SMARTS) is 1. The first-order chi connectivity index (χ1) is 25.0. The zero-order valence-corrected chi connectivity index (χ0v) is 30.8. The van der Waals surface area contributed by atoms with Crippen molar-refractivity contribution in [3.8, 4) is 33.8 Å². The molecule has 4 aromatic rings. The summed E-state index contributed by atoms with van der Waals surface area (Å²) in [6.45, 7) is 12.9. The van der Waals surface area contributed by atoms with Gasteiger partial charge >= 0.3 is 5.97 Å². The highest BCUT2D eigenvalue weighted by Gasteiger charge is 2.34. The van der Waals surface area contributed by atoms with Crippen LogP contribution < -0.4 is 9.47 Å². The van der Waals surface area contributed by atoms with Gasteiger partial charge in [0.05, 0.1) is 57.5 Å². The lowest BCUT2D eigenvalue weighted by Crippen LogP contribution is -2.29. The fraction of sp³-hybridized carbons (Fsp3) is 0.429. The Morgan fingerprint density at radius 2 is 1.60 bits per heavy atom. The monoisotopic (exact) mass is 715 g/mol. The predicted octanol–water partition coefficient (Wildman–Crippen LogP) is 8.32. The Bertz CT molecular complexity index is 1770. The van der Waals surface area contributed by atoms with Crippen LogP contribution in [0.25, 0.3) is 22.3 Å². The molecule has 0 aliphatic carbocycles. The molecule has 52 heavy (non-hydrogen) atoms. The second-order valence-electron chi connectivity index (χ2n) is 13.6. The number of carbonyl (C=O) groups is 1. The molecule has 0 radical (unpaired) electrons. The van der Waals surface area contributed by atoms with Crippen molar-refractivity contribution in [2.75, 3.05) is 46.2 Å². The zero-order chi connectivity index (χ0) is 37.1. The van der Waals surface area contributed by atoms with Crippen LogP contribution in [0.5, 0.6) is 11.5 Å². The quantitative estimate of drug-likeness (QED) is 0.102. The number of nitrogens with zero attached hydrogens (tertiary/aromatic N) is 1. The summed E-state index contributed by atoms with van der Waals surface area (Å²) in [6, 6.07) is 20.1. The molecule has 278 valence electrons. The highest BCUT2D eigenvalue weighted by Crippen LogP contribution is 2.44. The normalized spacial score (nSPS) is 13.3. The Morgan fingerprint density at radius 1 is 0.904 bits per heavy atom. The van der Waals surface area contributed by atoms with Crippen molar-refractivity contribution in [2.45, 2.75) is 72.2 Å². The second kappa shape index (κ2) is 18.4. The smallest absolute Gasteiger partial charge is 0.337 e. The highest BCUT2D eigenvalue weighted by atomic mass is 19.1. The first-order valence-corrected chi connectivity index (χ1v) is 17.9. The third kappa shape index (κ3) is 10.6. The minimum absolute atomic E-state index is 0.167. The molecule has 0 saturated carbocycles. The molecule has 3 aromatic carbocycles. The van der Waals surface area contributed by atoms with Crippen LogP contribution in [0.2, 0.25) is 0 Å². The third-order valence-corrected chi connectivity index (χ3v) is 8.56. The van der Waals surface area contributed by atoms with Crippen LogP contribution in [-0.2, 0) is 43.2 Å². The topological polar surface area (TPSA) is 106 Å². The Morgan fingerprint density at radius 3 is 2.29 bits per heavy atom. The van der Waals surface area contributed by atoms with Gasteiger partial charge in [0.1, 0.15) is 17.3 Å². The van der Waals surface area contributed by atoms with Crippen molar-refractivity contribution >= 4 is 5.97 Å². The molecule has 2 heterocycles. The lowest BCUT2D eigenvalue weighted by atomic mass is 9.85. The van der Waals surface area contributed by atoms with Crippen LogP contribution in [-0.4, -0.2) is 67.9 Å². The highest BCUT2D eigenvalue weighted by molar-refractivity contribution is 5.91. The van der Waals surface area contributed by atoms with Crippen molar-refractivity contribution in [1.82, 2.24) is 4.98 Å². The molecule has 1 aliphatic rings. The number of carboxylic acids is 1. The van der Waals surface area contributed by atoms with E-state index in [-0.39, 0.29) is 12.4 Å². The molecule has 1 atom stereocenters. The molecule has 1 aromatic heterocycles. The van der Waals surface area contributed by atoms with Gasteiger partial charge in [0.2, 0.25) is 0 Å². The van der Waals surface area contributed by atoms with E-state index in [2.05, 4.69) is 6.07 Å². The van der Waals surface area contributed by atoms with E-state index >= 15 is 0 Å². The minimum atomic E-state index is -1.30. The Kier molecular flexibility index (Phi) is 13.8. The summed E-state index contributed by atoms with van der Waals surface area (Å²) in [5.41, 5.74) is 6.08. The Balaban J connectivity index is 1.57. The largest absolute Gasteiger partial charge is 0.493 e. The van der Waals surface area contributed by atoms with E-state index < -0.39 is 17.7 Å². The maximum atomic E-state index is 13.4. The van der Waals surface area contributed by atoms with Gasteiger partial charge in [-0.05, 0) is 112 Å². The lowest BCUT2D eigenvalue weighted by Gasteiger charge is -2.30. The summed E-state index contributed by atoms with van der Waals surface area (Å²) in [7, 11) is 0. The van der Waals surface area contributed by atoms with Crippen molar-refractivity contribution in [3.05, 3.63) is 101 Å². The number of aliphatic carboxylic acids is 1. The van der Waals surface area contributed by atoms with Gasteiger partial charge in [0.25, 0.3) is 0 Å². The SMILES string of the molecule is CCOCCOCCOCc1nc(C)c([C@H](OC(C)(C)C)C(=O)O)c(-c2ccc3c(c2)CCCO3)c1-c1ccc(OCCc2ccc(F)cc2)cc1. The molecule has 10 heteroatoms. The number of pyridine rings is 1. The van der Waals surface area contributed by atoms with Crippen molar-refractivity contribution in [3.63, 3.8) is 0 Å². The Hall–Kier alpha value is -4.35. The van der Waals surface area contributed by atoms with E-state index in [0.29, 0.717) is 80.9 Å². The molecule has 0 amide bonds. The predicted molar refractivity (Wildman–Crippen MR) is 197 cm³/mol. The minimum Gasteiger partial charge on any atom is -0.493 e. The van der Waals surface area contributed by atoms with Gasteiger partial charge < -0.3 is 33.5 Å². The molecule has 0 bridgehead atoms. The molecular formula is C42H50FNO8. The van der Waals surface area contributed by atoms with Gasteiger partial charge in [-0.3, -0.25) is 4.98 Å². The van der Waals surface area contributed by atoms with Crippen LogP contribution in [0.3, 0.4) is 0 Å². The van der Waals surface area contributed by atoms with E-state index in [0.717, 1.165) is 46.4 Å². The number of hydrogen-bond donors (Lipinski definition) is 1. The van der Waals surface area contributed by atoms with Gasteiger partial charge in [-0.1, -0.05) is 30.3 Å². The molecule has 0 fully saturated rings. The maximum absolute atomic E-state index is 13.4. The number of ether oxygens (including phenoxy) is 6. The molecule has 0 saturated heterocycles. The Labute approximate surface area is 306 Å². The van der Waals surface area contributed by atoms with E-state index in [4.69, 9.17) is 33.4 Å². The first kappa shape index (κ1) is 38.9. The molecule has 1 aliphatic heterocycles. The van der Waals surface area contributed by atoms with Crippen LogP contribution in [0.15, 0.2) is 66.7 Å². The fourth-order valence-corrected chi connectivity index (χ4v) is 6.22. The summed E-state index contributed by atoms with van der Waals surface area (Å²) >= 11 is 0. The number of aromatic nitrogens is 1. The van der Waals surface area contributed by atoms with Crippen molar-refractivity contribution < 1.29 is 42.7 Å². The summed E-state index contributed by atoms with van der Waals surface area (Å²) in [6.07, 6.45) is 1.07. The lowest BCUT2D eigenvalue weighted by molar-refractivity contribution is -0.160. The number of rotatable bonds is 18. The van der Waals surface area contributed by atoms with E-state index in [1.54, 1.807) is 12.1 Å². The van der Waals surface area contributed by atoms with Crippen LogP contribution >= 0.6 is 0 Å². The third-order valence-electron chi connectivity index (χ3n) is 8.56. The van der Waals surface area contributed by atoms with E-state index in [1.165, 1.54) is 12.1 Å². The van der Waals surface area contributed by atoms with Gasteiger partial charge in [-0.25, -0.2) is 9.18 Å². The average Bonchev–Trinajstić information content (AvgIpc) is 3.12. The van der Waals surface area contributed by atoms with Gasteiger partial charge in [-0.2, -0.15) is 0 Å². The molecule has 9 nitrogen and oxygen atoms in total. The standard InChI is InChI=1S/C42H50FNO8/c1-6-47-22-23-48-24-25-49-27-35-38(30-11-16-34(17-12-30)50-21-19-29-9-14-33(43)15-10-29)39(32-13-18-36-31(26-32)8-7-20-51-36)37(28(2)44-35)40(41(45)46)52-42(3,4)5/h9-18,26,40H,6-8,19-25,27H2,1-5H3,(H,45,46)/t40-/m0/s1. The van der Waals surface area contributed by atoms with Gasteiger partial charge in [0.15, 0.2) is 6.10 Å². The second-order valence-corrected chi connectivity index (χ2v) is 13.6. The first-order valence-electron chi connectivity index (χ1n) is 17.9. The number of benzene rings is 3. The summed E-state index contributed by atoms with van der Waals surface area (Å²) in [5, 5.41) is 10.6. The zero-order valence-electron chi connectivity index (χ0n) is 30.8. The summed E-state index contributed by atoms with van der Waals surface area (Å²) in [5.74, 6) is 0.124. The summed E-state index contributed by atoms with van der Waals surface area (Å²) in [4.78, 5) is 18.0. The molecule has 5 rings (SSSR count). The van der Waals surface area contributed by atoms with E-state index in [1.807, 2.05) is 71.0 Å². The number of aryl methyl sites for hydroxylation is 2. The van der Waals surface area contributed by atoms with Gasteiger partial charge in [-0.15, -0.1) is 0 Å². The van der Waals surface area contributed by atoms with Gasteiger partial charge in [0, 0.05) is 29.8 Å². The van der Waals surface area contributed by atoms with Crippen LogP contribution in [0.4, 0.5) is 4.39 Å². The number of hydrogen-bond acceptors (Lipinski definition) is 8. The van der Waals surface area contributed by atoms with Crippen LogP contribution in [0, 0.1) is 12.7 Å². The van der Waals surface area contributed by atoms with Crippen molar-refractivity contribution in [1.29, 1.82) is 0 Å². The maximum Gasteiger partial charge on any atom is 0.337 e. The van der Waals surface area contributed by atoms with Crippen molar-refractivity contribution in [2.24, 2.45) is 0 Å². The van der Waals surface area contributed by atoms with E-state index in [9.17, 15) is 14.3 Å². The number of fused-ring (bicyclic) bond motifs is 1. The molecule has 0 spiro atoms. The molecule has 1 N–H and O–H groups in total. The molecule has 0 unspecified atom stereocenters. The fourth-order valence-electron chi connectivity index (χ4n) is 6.22. The molecular weight excluding hydrogens is 665 g/mol. The number of halogens is 1. The average molecular weight is 716 g/mol. The van der Waals surface area contributed by atoms with Crippen LogP contribution in [0.1, 0.15) is 68.3 Å².